The van der Waals surface area contributed by atoms with E-state index in [1.807, 2.05) is 0 Å². The van der Waals surface area contributed by atoms with Gasteiger partial charge in [-0.1, -0.05) is 6.08 Å². The van der Waals surface area contributed by atoms with Crippen LogP contribution in [0.3, 0.4) is 0 Å². The second kappa shape index (κ2) is 6.93. The highest BCUT2D eigenvalue weighted by atomic mass is 16.5. The quantitative estimate of drug-likeness (QED) is 0.353. The molecule has 1 aromatic rings. The molecule has 0 aliphatic rings. The largest absolute Gasteiger partial charge is 0.493 e. The van der Waals surface area contributed by atoms with Crippen LogP contribution in [0.15, 0.2) is 23.3 Å². The Bertz CT molecular complexity index is 523. The number of rotatable bonds is 5. The average Bonchev–Trinajstić information content (AvgIpc) is 2.44. The Kier molecular flexibility index (Phi) is 5.25. The number of hydrogen-bond donors (Lipinski definition) is 0. The van der Waals surface area contributed by atoms with Crippen LogP contribution in [-0.2, 0) is 4.79 Å². The Morgan fingerprint density at radius 1 is 1.21 bits per heavy atom. The summed E-state index contributed by atoms with van der Waals surface area (Å²) in [5, 5.41) is 2.93. The van der Waals surface area contributed by atoms with Crippen molar-refractivity contribution >= 4 is 12.0 Å². The second-order valence-electron chi connectivity index (χ2n) is 3.32. The zero-order chi connectivity index (χ0) is 14.3. The Hall–Kier alpha value is -2.66. The molecule has 19 heavy (non-hydrogen) atoms. The lowest BCUT2D eigenvalue weighted by Crippen LogP contribution is -1.95. The number of hydrogen-bond acceptors (Lipinski definition) is 4. The summed E-state index contributed by atoms with van der Waals surface area (Å²) in [7, 11) is 4.49. The molecule has 0 aromatic heterocycles. The van der Waals surface area contributed by atoms with E-state index in [4.69, 9.17) is 19.7 Å². The molecule has 0 saturated heterocycles. The molecule has 0 radical (unpaired) electrons. The molecule has 1 amide bonds. The van der Waals surface area contributed by atoms with Gasteiger partial charge in [-0.3, -0.25) is 4.79 Å². The number of carbonyl (C=O) groups is 1. The topological polar surface area (TPSA) is 93.5 Å². The summed E-state index contributed by atoms with van der Waals surface area (Å²) < 4.78 is 15.5. The van der Waals surface area contributed by atoms with Crippen LogP contribution in [-0.4, -0.2) is 27.2 Å². The van der Waals surface area contributed by atoms with Crippen molar-refractivity contribution in [3.8, 4) is 17.2 Å². The first kappa shape index (κ1) is 14.4. The Morgan fingerprint density at radius 3 is 2.21 bits per heavy atom. The molecule has 0 heterocycles. The third kappa shape index (κ3) is 3.65. The fourth-order valence-corrected chi connectivity index (χ4v) is 1.44. The summed E-state index contributed by atoms with van der Waals surface area (Å²) in [5.74, 6) is 0.718. The molecule has 7 nitrogen and oxygen atoms in total. The van der Waals surface area contributed by atoms with Crippen LogP contribution in [0.5, 0.6) is 17.2 Å². The van der Waals surface area contributed by atoms with E-state index in [-0.39, 0.29) is 0 Å². The fraction of sp³-hybridized carbons (Fsp3) is 0.250. The summed E-state index contributed by atoms with van der Waals surface area (Å²) >= 11 is 0. The first-order valence-electron chi connectivity index (χ1n) is 5.23. The summed E-state index contributed by atoms with van der Waals surface area (Å²) in [5.41, 5.74) is 8.76. The number of benzene rings is 1. The van der Waals surface area contributed by atoms with E-state index in [0.29, 0.717) is 22.8 Å². The predicted octanol–water partition coefficient (Wildman–Crippen LogP) is 2.56. The van der Waals surface area contributed by atoms with Crippen LogP contribution in [0.1, 0.15) is 5.56 Å². The standard InChI is InChI=1S/C12H13N3O4/c1-17-9-6-8(4-5-11(16)14-15-13)7-10(18-2)12(9)19-3/h4-7H,1-3H3/b5-4+. The van der Waals surface area contributed by atoms with Crippen LogP contribution in [0.25, 0.3) is 16.5 Å². The molecule has 0 bridgehead atoms. The molecule has 0 atom stereocenters. The van der Waals surface area contributed by atoms with Crippen LogP contribution < -0.4 is 14.2 Å². The lowest BCUT2D eigenvalue weighted by Gasteiger charge is -2.12. The van der Waals surface area contributed by atoms with Crippen molar-refractivity contribution in [2.24, 2.45) is 5.11 Å². The number of carbonyl (C=O) groups excluding carboxylic acids is 1. The van der Waals surface area contributed by atoms with Crippen molar-refractivity contribution in [2.75, 3.05) is 21.3 Å². The molecular formula is C12H13N3O4. The molecule has 1 rings (SSSR count). The monoisotopic (exact) mass is 263 g/mol. The lowest BCUT2D eigenvalue weighted by molar-refractivity contribution is -0.113. The molecule has 0 unspecified atom stereocenters. The maximum atomic E-state index is 11.1. The number of ether oxygens (including phenoxy) is 3. The van der Waals surface area contributed by atoms with Crippen LogP contribution >= 0.6 is 0 Å². The van der Waals surface area contributed by atoms with E-state index in [2.05, 4.69) is 10.0 Å². The third-order valence-electron chi connectivity index (χ3n) is 2.25. The van der Waals surface area contributed by atoms with Gasteiger partial charge in [-0.05, 0) is 34.4 Å². The summed E-state index contributed by atoms with van der Waals surface area (Å²) in [6.07, 6.45) is 2.64. The van der Waals surface area contributed by atoms with E-state index in [0.717, 1.165) is 6.08 Å². The highest BCUT2D eigenvalue weighted by Gasteiger charge is 2.11. The Morgan fingerprint density at radius 2 is 1.79 bits per heavy atom. The van der Waals surface area contributed by atoms with Gasteiger partial charge >= 0.3 is 0 Å². The third-order valence-corrected chi connectivity index (χ3v) is 2.25. The molecule has 7 heteroatoms. The summed E-state index contributed by atoms with van der Waals surface area (Å²) in [4.78, 5) is 13.5. The Balaban J connectivity index is 3.16. The lowest BCUT2D eigenvalue weighted by atomic mass is 10.1. The fourth-order valence-electron chi connectivity index (χ4n) is 1.44. The van der Waals surface area contributed by atoms with Gasteiger partial charge < -0.3 is 14.2 Å². The molecule has 0 spiro atoms. The molecule has 100 valence electrons. The van der Waals surface area contributed by atoms with Crippen molar-refractivity contribution in [1.29, 1.82) is 0 Å². The van der Waals surface area contributed by atoms with E-state index in [9.17, 15) is 4.79 Å². The molecule has 0 saturated carbocycles. The minimum absolute atomic E-state index is 0.462. The van der Waals surface area contributed by atoms with E-state index in [1.165, 1.54) is 27.4 Å². The highest BCUT2D eigenvalue weighted by Crippen LogP contribution is 2.38. The number of azide groups is 1. The molecule has 0 fully saturated rings. The van der Waals surface area contributed by atoms with Gasteiger partial charge in [0.1, 0.15) is 0 Å². The summed E-state index contributed by atoms with van der Waals surface area (Å²) in [6, 6.07) is 3.34. The first-order valence-corrected chi connectivity index (χ1v) is 5.23. The molecule has 0 aliphatic carbocycles. The minimum Gasteiger partial charge on any atom is -0.493 e. The second-order valence-corrected chi connectivity index (χ2v) is 3.32. The first-order chi connectivity index (χ1) is 9.15. The van der Waals surface area contributed by atoms with Gasteiger partial charge in [0.15, 0.2) is 11.5 Å². The van der Waals surface area contributed by atoms with E-state index < -0.39 is 5.91 Å². The smallest absolute Gasteiger partial charge is 0.242 e. The molecule has 0 N–H and O–H groups in total. The maximum Gasteiger partial charge on any atom is 0.242 e. The Labute approximate surface area is 110 Å². The minimum atomic E-state index is -0.684. The van der Waals surface area contributed by atoms with Crippen molar-refractivity contribution in [1.82, 2.24) is 0 Å². The van der Waals surface area contributed by atoms with Crippen LogP contribution in [0, 0.1) is 0 Å². The van der Waals surface area contributed by atoms with Crippen molar-refractivity contribution < 1.29 is 19.0 Å². The average molecular weight is 263 g/mol. The zero-order valence-electron chi connectivity index (χ0n) is 10.8. The van der Waals surface area contributed by atoms with E-state index in [1.54, 1.807) is 12.1 Å². The van der Waals surface area contributed by atoms with Crippen LogP contribution in [0.4, 0.5) is 0 Å². The number of amides is 1. The van der Waals surface area contributed by atoms with Crippen molar-refractivity contribution in [3.05, 3.63) is 34.2 Å². The summed E-state index contributed by atoms with van der Waals surface area (Å²) in [6.45, 7) is 0. The highest BCUT2D eigenvalue weighted by molar-refractivity contribution is 5.92. The van der Waals surface area contributed by atoms with Gasteiger partial charge in [-0.15, -0.1) is 0 Å². The van der Waals surface area contributed by atoms with Gasteiger partial charge in [0.2, 0.25) is 11.7 Å². The normalized spacial score (nSPS) is 9.84. The van der Waals surface area contributed by atoms with Crippen molar-refractivity contribution in [2.45, 2.75) is 0 Å². The molecule has 0 aliphatic heterocycles. The SMILES string of the molecule is COc1cc(/C=C/C(=O)N=[N+]=[N-])cc(OC)c1OC. The van der Waals surface area contributed by atoms with Crippen molar-refractivity contribution in [3.63, 3.8) is 0 Å². The zero-order valence-corrected chi connectivity index (χ0v) is 10.8. The molecule has 1 aromatic carbocycles. The number of nitrogens with zero attached hydrogens (tertiary/aromatic N) is 3. The van der Waals surface area contributed by atoms with Gasteiger partial charge in [-0.25, -0.2) is 0 Å². The maximum absolute atomic E-state index is 11.1. The van der Waals surface area contributed by atoms with Gasteiger partial charge in [-0.2, -0.15) is 0 Å². The number of methoxy groups -OCH3 is 3. The van der Waals surface area contributed by atoms with Gasteiger partial charge in [0.05, 0.1) is 21.3 Å². The van der Waals surface area contributed by atoms with Gasteiger partial charge in [0.25, 0.3) is 0 Å². The molecular weight excluding hydrogens is 250 g/mol. The van der Waals surface area contributed by atoms with E-state index >= 15 is 0 Å². The van der Waals surface area contributed by atoms with Crippen LogP contribution in [0.2, 0.25) is 0 Å². The van der Waals surface area contributed by atoms with Gasteiger partial charge in [0, 0.05) is 4.91 Å². The predicted molar refractivity (Wildman–Crippen MR) is 69.3 cm³/mol.